The number of methoxy groups -OCH3 is 1. The minimum Gasteiger partial charge on any atom is -0.496 e. The molecule has 1 amide bonds. The van der Waals surface area contributed by atoms with Gasteiger partial charge in [-0.2, -0.15) is 0 Å². The van der Waals surface area contributed by atoms with Crippen molar-refractivity contribution in [2.75, 3.05) is 12.4 Å². The lowest BCUT2D eigenvalue weighted by Gasteiger charge is -2.11. The number of halogens is 1. The second kappa shape index (κ2) is 6.63. The summed E-state index contributed by atoms with van der Waals surface area (Å²) in [6.07, 6.45) is 2.93. The number of hydrogen-bond donors (Lipinski definition) is 2. The molecule has 3 rings (SSSR count). The topological polar surface area (TPSA) is 85.4 Å². The number of aromatic nitrogens is 2. The number of anilines is 1. The third-order valence-electron chi connectivity index (χ3n) is 3.39. The third kappa shape index (κ3) is 3.33. The van der Waals surface area contributed by atoms with E-state index in [4.69, 9.17) is 9.57 Å². The molecule has 7 nitrogen and oxygen atoms in total. The zero-order chi connectivity index (χ0) is 17.1. The molecular weight excluding hydrogens is 315 g/mol. The summed E-state index contributed by atoms with van der Waals surface area (Å²) in [5.41, 5.74) is 3.48. The molecule has 124 valence electrons. The first-order valence-corrected chi connectivity index (χ1v) is 7.14. The lowest BCUT2D eigenvalue weighted by Crippen LogP contribution is -2.35. The quantitative estimate of drug-likeness (QED) is 0.892. The fourth-order valence-corrected chi connectivity index (χ4v) is 2.25. The average Bonchev–Trinajstić information content (AvgIpc) is 3.02. The highest BCUT2D eigenvalue weighted by Gasteiger charge is 2.22. The Bertz CT molecular complexity index is 810. The Kier molecular flexibility index (Phi) is 4.39. The maximum absolute atomic E-state index is 13.5. The van der Waals surface area contributed by atoms with E-state index in [1.165, 1.54) is 31.6 Å². The molecule has 0 saturated heterocycles. The molecule has 8 heteroatoms. The van der Waals surface area contributed by atoms with Gasteiger partial charge in [-0.05, 0) is 31.2 Å². The van der Waals surface area contributed by atoms with Crippen LogP contribution in [0.5, 0.6) is 5.75 Å². The smallest absolute Gasteiger partial charge is 0.250 e. The highest BCUT2D eigenvalue weighted by atomic mass is 19.1. The van der Waals surface area contributed by atoms with Crippen LogP contribution in [0, 0.1) is 5.82 Å². The Morgan fingerprint density at radius 1 is 1.38 bits per heavy atom. The van der Waals surface area contributed by atoms with Crippen molar-refractivity contribution >= 4 is 11.7 Å². The normalized spacial score (nSPS) is 16.3. The van der Waals surface area contributed by atoms with Crippen LogP contribution in [0.25, 0.3) is 11.3 Å². The van der Waals surface area contributed by atoms with Crippen LogP contribution in [-0.2, 0) is 9.63 Å². The van der Waals surface area contributed by atoms with Crippen molar-refractivity contribution < 1.29 is 18.8 Å². The molecule has 1 aliphatic rings. The number of amides is 1. The monoisotopic (exact) mass is 330 g/mol. The lowest BCUT2D eigenvalue weighted by atomic mass is 10.1. The van der Waals surface area contributed by atoms with Crippen LogP contribution in [-0.4, -0.2) is 29.0 Å². The number of carbonyl (C=O) groups excluding carboxylic acids is 1. The summed E-state index contributed by atoms with van der Waals surface area (Å²) in [6, 6.07) is 5.06. The summed E-state index contributed by atoms with van der Waals surface area (Å²) >= 11 is 0. The Morgan fingerprint density at radius 2 is 2.21 bits per heavy atom. The highest BCUT2D eigenvalue weighted by Crippen LogP contribution is 2.29. The fraction of sp³-hybridized carbons (Fsp3) is 0.188. The Labute approximate surface area is 137 Å². The lowest BCUT2D eigenvalue weighted by molar-refractivity contribution is -0.118. The zero-order valence-electron chi connectivity index (χ0n) is 13.0. The molecule has 1 aromatic heterocycles. The second-order valence-corrected chi connectivity index (χ2v) is 5.10. The van der Waals surface area contributed by atoms with Crippen LogP contribution in [0.3, 0.4) is 0 Å². The van der Waals surface area contributed by atoms with Gasteiger partial charge in [-0.1, -0.05) is 0 Å². The van der Waals surface area contributed by atoms with Gasteiger partial charge in [0.1, 0.15) is 35.5 Å². The number of ether oxygens (including phenoxy) is 1. The number of benzene rings is 1. The van der Waals surface area contributed by atoms with E-state index in [0.717, 1.165) is 0 Å². The van der Waals surface area contributed by atoms with Crippen LogP contribution in [0.1, 0.15) is 6.92 Å². The zero-order valence-corrected chi connectivity index (χ0v) is 13.0. The molecule has 0 saturated carbocycles. The largest absolute Gasteiger partial charge is 0.496 e. The van der Waals surface area contributed by atoms with E-state index in [-0.39, 0.29) is 11.7 Å². The Balaban J connectivity index is 1.85. The number of nitrogens with zero attached hydrogens (tertiary/aromatic N) is 2. The van der Waals surface area contributed by atoms with Crippen LogP contribution in [0.2, 0.25) is 0 Å². The molecule has 2 N–H and O–H groups in total. The maximum atomic E-state index is 13.5. The van der Waals surface area contributed by atoms with Gasteiger partial charge in [-0.25, -0.2) is 14.4 Å². The molecule has 0 spiro atoms. The number of hydroxylamine groups is 1. The number of nitrogens with one attached hydrogen (secondary N) is 2. The number of carbonyl (C=O) groups is 1. The number of hydrogen-bond acceptors (Lipinski definition) is 6. The molecule has 2 aromatic rings. The molecule has 24 heavy (non-hydrogen) atoms. The van der Waals surface area contributed by atoms with E-state index >= 15 is 0 Å². The van der Waals surface area contributed by atoms with Crippen molar-refractivity contribution in [2.24, 2.45) is 0 Å². The first kappa shape index (κ1) is 15.9. The van der Waals surface area contributed by atoms with Gasteiger partial charge < -0.3 is 14.9 Å². The molecule has 1 unspecified atom stereocenters. The molecule has 0 aliphatic carbocycles. The summed E-state index contributed by atoms with van der Waals surface area (Å²) in [6.45, 7) is 1.74. The van der Waals surface area contributed by atoms with Gasteiger partial charge in [0.25, 0.3) is 0 Å². The van der Waals surface area contributed by atoms with Crippen LogP contribution in [0.15, 0.2) is 42.4 Å². The minimum atomic E-state index is -0.605. The molecule has 0 fully saturated rings. The van der Waals surface area contributed by atoms with Gasteiger partial charge in [0.2, 0.25) is 5.91 Å². The van der Waals surface area contributed by atoms with E-state index in [9.17, 15) is 9.18 Å². The molecule has 2 heterocycles. The van der Waals surface area contributed by atoms with E-state index < -0.39 is 11.9 Å². The van der Waals surface area contributed by atoms with Gasteiger partial charge in [0, 0.05) is 11.6 Å². The minimum absolute atomic E-state index is 0.288. The highest BCUT2D eigenvalue weighted by molar-refractivity contribution is 5.95. The van der Waals surface area contributed by atoms with Gasteiger partial charge in [-0.15, -0.1) is 5.48 Å². The standard InChI is InChI=1S/C16H15FN4O3/c1-9-5-13(21-24-9)16(22)20-15-7-12(18-8-19-15)11-6-10(17)3-4-14(11)23-2/h3-8,13,21H,1-2H3,(H,18,19,20,22). The summed E-state index contributed by atoms with van der Waals surface area (Å²) < 4.78 is 18.7. The fourth-order valence-electron chi connectivity index (χ4n) is 2.25. The molecule has 0 radical (unpaired) electrons. The van der Waals surface area contributed by atoms with Crippen LogP contribution >= 0.6 is 0 Å². The van der Waals surface area contributed by atoms with Crippen LogP contribution in [0.4, 0.5) is 10.2 Å². The molecule has 0 bridgehead atoms. The molecular formula is C16H15FN4O3. The van der Waals surface area contributed by atoms with Gasteiger partial charge >= 0.3 is 0 Å². The predicted octanol–water partition coefficient (Wildman–Crippen LogP) is 2.04. The third-order valence-corrected chi connectivity index (χ3v) is 3.39. The number of allylic oxidation sites excluding steroid dienone is 1. The second-order valence-electron chi connectivity index (χ2n) is 5.10. The summed E-state index contributed by atoms with van der Waals surface area (Å²) in [5.74, 6) is 0.626. The molecule has 1 aromatic carbocycles. The first-order chi connectivity index (χ1) is 11.6. The molecule has 1 aliphatic heterocycles. The van der Waals surface area contributed by atoms with E-state index in [1.54, 1.807) is 19.1 Å². The van der Waals surface area contributed by atoms with Crippen molar-refractivity contribution in [3.8, 4) is 17.0 Å². The van der Waals surface area contributed by atoms with E-state index in [0.29, 0.717) is 22.8 Å². The summed E-state index contributed by atoms with van der Waals surface area (Å²) in [7, 11) is 1.49. The Morgan fingerprint density at radius 3 is 2.92 bits per heavy atom. The Hall–Kier alpha value is -3.00. The van der Waals surface area contributed by atoms with Crippen LogP contribution < -0.4 is 15.5 Å². The van der Waals surface area contributed by atoms with Crippen molar-refractivity contribution in [2.45, 2.75) is 13.0 Å². The first-order valence-electron chi connectivity index (χ1n) is 7.14. The van der Waals surface area contributed by atoms with Crippen molar-refractivity contribution in [1.82, 2.24) is 15.4 Å². The number of rotatable bonds is 4. The van der Waals surface area contributed by atoms with Gasteiger partial charge in [-0.3, -0.25) is 4.79 Å². The average molecular weight is 330 g/mol. The van der Waals surface area contributed by atoms with E-state index in [2.05, 4.69) is 20.8 Å². The SMILES string of the molecule is COc1ccc(F)cc1-c1cc(NC(=O)C2C=C(C)ON2)ncn1. The van der Waals surface area contributed by atoms with Crippen molar-refractivity contribution in [3.05, 3.63) is 48.2 Å². The predicted molar refractivity (Wildman–Crippen MR) is 84.4 cm³/mol. The van der Waals surface area contributed by atoms with Crippen molar-refractivity contribution in [3.63, 3.8) is 0 Å². The summed E-state index contributed by atoms with van der Waals surface area (Å²) in [5, 5.41) is 2.65. The molecule has 1 atom stereocenters. The van der Waals surface area contributed by atoms with Crippen molar-refractivity contribution in [1.29, 1.82) is 0 Å². The maximum Gasteiger partial charge on any atom is 0.250 e. The summed E-state index contributed by atoms with van der Waals surface area (Å²) in [4.78, 5) is 25.3. The van der Waals surface area contributed by atoms with E-state index in [1.807, 2.05) is 0 Å². The van der Waals surface area contributed by atoms with Gasteiger partial charge in [0.05, 0.1) is 12.8 Å². The van der Waals surface area contributed by atoms with Gasteiger partial charge in [0.15, 0.2) is 0 Å².